The molecule has 0 aliphatic heterocycles. The lowest BCUT2D eigenvalue weighted by Gasteiger charge is -2.20. The van der Waals surface area contributed by atoms with E-state index < -0.39 is 30.4 Å². The minimum atomic E-state index is -1.35. The van der Waals surface area contributed by atoms with Gasteiger partial charge >= 0.3 is 12.1 Å². The van der Waals surface area contributed by atoms with Crippen molar-refractivity contribution in [1.29, 1.82) is 0 Å². The SMILES string of the molecule is COC(=O)C[C@@H](NC(=O)OCC1c2ccccc2-c2ccccc21)C(=O)Nc1ccc(OC)cc1C(=O)c1ccc(Br)cc1. The molecular weight excluding hydrogens is 628 g/mol. The number of rotatable bonds is 10. The lowest BCUT2D eigenvalue weighted by molar-refractivity contribution is -0.142. The predicted octanol–water partition coefficient (Wildman–Crippen LogP) is 6.10. The van der Waals surface area contributed by atoms with Crippen molar-refractivity contribution in [3.63, 3.8) is 0 Å². The second-order valence-corrected chi connectivity index (χ2v) is 11.0. The lowest BCUT2D eigenvalue weighted by Crippen LogP contribution is -2.45. The smallest absolute Gasteiger partial charge is 0.407 e. The number of methoxy groups -OCH3 is 2. The number of alkyl carbamates (subject to hydrolysis) is 1. The molecular formula is C34H29BrN2O7. The second-order valence-electron chi connectivity index (χ2n) is 10.0. The quantitative estimate of drug-likeness (QED) is 0.156. The lowest BCUT2D eigenvalue weighted by atomic mass is 9.98. The van der Waals surface area contributed by atoms with Crippen LogP contribution in [0.15, 0.2) is 95.5 Å². The number of amides is 2. The van der Waals surface area contributed by atoms with Gasteiger partial charge in [0.25, 0.3) is 0 Å². The molecule has 0 spiro atoms. The van der Waals surface area contributed by atoms with E-state index in [1.165, 1.54) is 26.4 Å². The summed E-state index contributed by atoms with van der Waals surface area (Å²) in [7, 11) is 2.65. The summed E-state index contributed by atoms with van der Waals surface area (Å²) in [6, 6.07) is 25.9. The molecule has 0 fully saturated rings. The first-order valence-electron chi connectivity index (χ1n) is 13.8. The van der Waals surface area contributed by atoms with Gasteiger partial charge in [-0.1, -0.05) is 64.5 Å². The van der Waals surface area contributed by atoms with Crippen LogP contribution in [-0.4, -0.2) is 50.6 Å². The number of nitrogens with one attached hydrogen (secondary N) is 2. The second kappa shape index (κ2) is 13.6. The van der Waals surface area contributed by atoms with Gasteiger partial charge in [-0.25, -0.2) is 4.79 Å². The Balaban J connectivity index is 1.32. The number of ether oxygens (including phenoxy) is 3. The Morgan fingerprint density at radius 2 is 1.48 bits per heavy atom. The zero-order chi connectivity index (χ0) is 31.2. The van der Waals surface area contributed by atoms with Gasteiger partial charge in [0.1, 0.15) is 18.4 Å². The molecule has 0 saturated heterocycles. The van der Waals surface area contributed by atoms with E-state index in [4.69, 9.17) is 14.2 Å². The third-order valence-electron chi connectivity index (χ3n) is 7.39. The molecule has 224 valence electrons. The number of carbonyl (C=O) groups is 4. The van der Waals surface area contributed by atoms with Crippen LogP contribution < -0.4 is 15.4 Å². The van der Waals surface area contributed by atoms with E-state index in [1.54, 1.807) is 30.3 Å². The molecule has 0 radical (unpaired) electrons. The van der Waals surface area contributed by atoms with Crippen LogP contribution in [-0.2, 0) is 19.1 Å². The fourth-order valence-corrected chi connectivity index (χ4v) is 5.43. The summed E-state index contributed by atoms with van der Waals surface area (Å²) in [4.78, 5) is 52.1. The Morgan fingerprint density at radius 3 is 2.09 bits per heavy atom. The molecule has 1 atom stereocenters. The highest BCUT2D eigenvalue weighted by atomic mass is 79.9. The minimum Gasteiger partial charge on any atom is -0.497 e. The maximum atomic E-state index is 13.5. The summed E-state index contributed by atoms with van der Waals surface area (Å²) in [6.45, 7) is 0.0245. The molecule has 1 aliphatic rings. The minimum absolute atomic E-state index is 0.0245. The predicted molar refractivity (Wildman–Crippen MR) is 168 cm³/mol. The van der Waals surface area contributed by atoms with E-state index >= 15 is 0 Å². The molecule has 0 bridgehead atoms. The van der Waals surface area contributed by atoms with Gasteiger partial charge in [0.15, 0.2) is 5.78 Å². The molecule has 4 aromatic rings. The highest BCUT2D eigenvalue weighted by Gasteiger charge is 2.31. The summed E-state index contributed by atoms with van der Waals surface area (Å²) in [5.41, 5.74) is 4.95. The van der Waals surface area contributed by atoms with Crippen molar-refractivity contribution in [1.82, 2.24) is 5.32 Å². The van der Waals surface area contributed by atoms with Gasteiger partial charge in [0, 0.05) is 21.5 Å². The molecule has 9 nitrogen and oxygen atoms in total. The molecule has 0 unspecified atom stereocenters. The maximum absolute atomic E-state index is 13.5. The van der Waals surface area contributed by atoms with E-state index in [9.17, 15) is 19.2 Å². The number of benzene rings is 4. The first kappa shape index (κ1) is 30.5. The van der Waals surface area contributed by atoms with E-state index in [1.807, 2.05) is 48.5 Å². The molecule has 10 heteroatoms. The molecule has 5 rings (SSSR count). The standard InChI is InChI=1S/C34H29BrN2O7/c1-42-22-15-16-29(27(17-22)32(39)20-11-13-21(35)14-12-20)36-33(40)30(18-31(38)43-2)37-34(41)44-19-28-25-9-5-3-7-23(25)24-8-4-6-10-26(24)28/h3-17,28,30H,18-19H2,1-2H3,(H,36,40)(H,37,41)/t30-/m1/s1. The zero-order valence-corrected chi connectivity index (χ0v) is 25.6. The van der Waals surface area contributed by atoms with Gasteiger partial charge in [-0.15, -0.1) is 0 Å². The highest BCUT2D eigenvalue weighted by molar-refractivity contribution is 9.10. The van der Waals surface area contributed by atoms with Crippen molar-refractivity contribution in [2.75, 3.05) is 26.1 Å². The van der Waals surface area contributed by atoms with Crippen LogP contribution in [0.5, 0.6) is 5.75 Å². The highest BCUT2D eigenvalue weighted by Crippen LogP contribution is 2.44. The van der Waals surface area contributed by atoms with Crippen molar-refractivity contribution >= 4 is 45.4 Å². The molecule has 1 aliphatic carbocycles. The van der Waals surface area contributed by atoms with Crippen LogP contribution in [0.1, 0.15) is 39.4 Å². The maximum Gasteiger partial charge on any atom is 0.407 e. The summed E-state index contributed by atoms with van der Waals surface area (Å²) < 4.78 is 16.4. The summed E-state index contributed by atoms with van der Waals surface area (Å²) >= 11 is 3.36. The van der Waals surface area contributed by atoms with E-state index in [-0.39, 0.29) is 29.6 Å². The third kappa shape index (κ3) is 6.65. The number of esters is 1. The first-order valence-corrected chi connectivity index (χ1v) is 14.6. The molecule has 2 N–H and O–H groups in total. The van der Waals surface area contributed by atoms with Crippen LogP contribution in [0.25, 0.3) is 11.1 Å². The van der Waals surface area contributed by atoms with Gasteiger partial charge in [-0.05, 0) is 64.7 Å². The monoisotopic (exact) mass is 656 g/mol. The number of carbonyl (C=O) groups excluding carboxylic acids is 4. The fourth-order valence-electron chi connectivity index (χ4n) is 5.17. The molecule has 0 heterocycles. The number of anilines is 1. The summed E-state index contributed by atoms with van der Waals surface area (Å²) in [5.74, 6) is -1.59. The topological polar surface area (TPSA) is 120 Å². The Hall–Kier alpha value is -4.96. The molecule has 44 heavy (non-hydrogen) atoms. The van der Waals surface area contributed by atoms with Crippen LogP contribution in [0, 0.1) is 0 Å². The summed E-state index contributed by atoms with van der Waals surface area (Å²) in [6.07, 6.45) is -1.34. The van der Waals surface area contributed by atoms with Gasteiger partial charge in [0.2, 0.25) is 5.91 Å². The fraction of sp³-hybridized carbons (Fsp3) is 0.176. The average Bonchev–Trinajstić information content (AvgIpc) is 3.37. The van der Waals surface area contributed by atoms with Gasteiger partial charge < -0.3 is 24.8 Å². The molecule has 4 aromatic carbocycles. The van der Waals surface area contributed by atoms with Gasteiger partial charge in [0.05, 0.1) is 26.3 Å². The first-order chi connectivity index (χ1) is 21.3. The van der Waals surface area contributed by atoms with Crippen LogP contribution >= 0.6 is 15.9 Å². The van der Waals surface area contributed by atoms with E-state index in [0.717, 1.165) is 26.7 Å². The molecule has 0 aromatic heterocycles. The molecule has 0 saturated carbocycles. The summed E-state index contributed by atoms with van der Waals surface area (Å²) in [5, 5.41) is 5.17. The number of fused-ring (bicyclic) bond motifs is 3. The normalized spacial score (nSPS) is 12.3. The van der Waals surface area contributed by atoms with Crippen LogP contribution in [0.3, 0.4) is 0 Å². The van der Waals surface area contributed by atoms with Gasteiger partial charge in [-0.3, -0.25) is 14.4 Å². The van der Waals surface area contributed by atoms with Crippen molar-refractivity contribution in [2.45, 2.75) is 18.4 Å². The molecule has 2 amide bonds. The number of halogens is 1. The third-order valence-corrected chi connectivity index (χ3v) is 7.92. The number of hydrogen-bond donors (Lipinski definition) is 2. The number of hydrogen-bond acceptors (Lipinski definition) is 7. The Morgan fingerprint density at radius 1 is 0.841 bits per heavy atom. The Labute approximate surface area is 262 Å². The number of ketones is 1. The van der Waals surface area contributed by atoms with Crippen LogP contribution in [0.2, 0.25) is 0 Å². The van der Waals surface area contributed by atoms with Crippen molar-refractivity contribution in [3.05, 3.63) is 118 Å². The van der Waals surface area contributed by atoms with E-state index in [0.29, 0.717) is 11.3 Å². The Bertz CT molecular complexity index is 1680. The van der Waals surface area contributed by atoms with Crippen LogP contribution in [0.4, 0.5) is 10.5 Å². The average molecular weight is 658 g/mol. The largest absolute Gasteiger partial charge is 0.497 e. The Kier molecular flexibility index (Phi) is 9.40. The van der Waals surface area contributed by atoms with Gasteiger partial charge in [-0.2, -0.15) is 0 Å². The van der Waals surface area contributed by atoms with E-state index in [2.05, 4.69) is 26.6 Å². The van der Waals surface area contributed by atoms with Crippen molar-refractivity contribution < 1.29 is 33.4 Å². The van der Waals surface area contributed by atoms with Crippen molar-refractivity contribution in [2.24, 2.45) is 0 Å². The van der Waals surface area contributed by atoms with Crippen molar-refractivity contribution in [3.8, 4) is 16.9 Å². The zero-order valence-electron chi connectivity index (χ0n) is 24.0.